The minimum Gasteiger partial charge on any atom is -0.374 e. The first-order valence-electron chi connectivity index (χ1n) is 8.37. The zero-order chi connectivity index (χ0) is 17.4. The van der Waals surface area contributed by atoms with E-state index in [1.54, 1.807) is 11.0 Å². The van der Waals surface area contributed by atoms with Gasteiger partial charge in [0.2, 0.25) is 11.8 Å². The lowest BCUT2D eigenvalue weighted by Crippen LogP contribution is -2.47. The Morgan fingerprint density at radius 3 is 2.84 bits per heavy atom. The third kappa shape index (κ3) is 3.07. The molecule has 1 saturated heterocycles. The summed E-state index contributed by atoms with van der Waals surface area (Å²) in [6.07, 6.45) is 2.06. The summed E-state index contributed by atoms with van der Waals surface area (Å²) in [5, 5.41) is 6.72. The number of halogens is 1. The highest BCUT2D eigenvalue weighted by atomic mass is 35.5. The van der Waals surface area contributed by atoms with Gasteiger partial charge >= 0.3 is 0 Å². The fraction of sp³-hybridized carbons (Fsp3) is 0.263. The number of benzene rings is 2. The van der Waals surface area contributed by atoms with Crippen LogP contribution in [0.1, 0.15) is 18.4 Å². The molecule has 0 saturated carbocycles. The minimum absolute atomic E-state index is 0.00536. The lowest BCUT2D eigenvalue weighted by molar-refractivity contribution is -0.120. The van der Waals surface area contributed by atoms with Gasteiger partial charge in [0.1, 0.15) is 6.04 Å². The van der Waals surface area contributed by atoms with Gasteiger partial charge in [-0.2, -0.15) is 0 Å². The first-order valence-corrected chi connectivity index (χ1v) is 8.75. The molecule has 1 fully saturated rings. The predicted molar refractivity (Wildman–Crippen MR) is 99.2 cm³/mol. The summed E-state index contributed by atoms with van der Waals surface area (Å²) < 4.78 is 0. The summed E-state index contributed by atoms with van der Waals surface area (Å²) in [6, 6.07) is 12.8. The van der Waals surface area contributed by atoms with E-state index in [2.05, 4.69) is 10.6 Å². The Bertz CT molecular complexity index is 852. The molecule has 2 N–H and O–H groups in total. The van der Waals surface area contributed by atoms with Crippen molar-refractivity contribution < 1.29 is 9.59 Å². The molecule has 0 aliphatic carbocycles. The Kier molecular flexibility index (Phi) is 4.09. The monoisotopic (exact) mass is 355 g/mol. The number of nitrogens with zero attached hydrogens (tertiary/aromatic N) is 1. The van der Waals surface area contributed by atoms with E-state index in [9.17, 15) is 9.59 Å². The number of amides is 2. The van der Waals surface area contributed by atoms with Gasteiger partial charge in [0.05, 0.1) is 17.1 Å². The molecular weight excluding hydrogens is 338 g/mol. The molecule has 6 heteroatoms. The van der Waals surface area contributed by atoms with Gasteiger partial charge in [-0.1, -0.05) is 23.7 Å². The van der Waals surface area contributed by atoms with Crippen LogP contribution in [0, 0.1) is 0 Å². The molecule has 2 amide bonds. The lowest BCUT2D eigenvalue weighted by atomic mass is 10.0. The fourth-order valence-electron chi connectivity index (χ4n) is 3.44. The van der Waals surface area contributed by atoms with Crippen LogP contribution in [0.2, 0.25) is 5.02 Å². The molecule has 2 aromatic carbocycles. The van der Waals surface area contributed by atoms with Crippen molar-refractivity contribution in [3.63, 3.8) is 0 Å². The Balaban J connectivity index is 1.53. The summed E-state index contributed by atoms with van der Waals surface area (Å²) >= 11 is 6.26. The summed E-state index contributed by atoms with van der Waals surface area (Å²) in [5.74, 6) is 0.0276. The van der Waals surface area contributed by atoms with Gasteiger partial charge in [0.15, 0.2) is 0 Å². The molecule has 4 rings (SSSR count). The number of nitrogens with one attached hydrogen (secondary N) is 2. The average molecular weight is 356 g/mol. The van der Waals surface area contributed by atoms with Crippen molar-refractivity contribution in [3.8, 4) is 0 Å². The highest BCUT2D eigenvalue weighted by Gasteiger charge is 2.30. The van der Waals surface area contributed by atoms with Gasteiger partial charge in [0, 0.05) is 17.9 Å². The Morgan fingerprint density at radius 2 is 2.00 bits per heavy atom. The topological polar surface area (TPSA) is 61.4 Å². The number of carbonyl (C=O) groups is 2. The van der Waals surface area contributed by atoms with E-state index in [4.69, 9.17) is 11.6 Å². The highest BCUT2D eigenvalue weighted by molar-refractivity contribution is 6.33. The largest absolute Gasteiger partial charge is 0.374 e. The van der Waals surface area contributed by atoms with Gasteiger partial charge in [-0.25, -0.2) is 0 Å². The maximum Gasteiger partial charge on any atom is 0.249 e. The minimum atomic E-state index is -0.298. The van der Waals surface area contributed by atoms with Crippen LogP contribution in [-0.4, -0.2) is 24.4 Å². The molecule has 2 aromatic rings. The van der Waals surface area contributed by atoms with Crippen molar-refractivity contribution in [2.24, 2.45) is 0 Å². The van der Waals surface area contributed by atoms with Crippen LogP contribution in [0.4, 0.5) is 17.1 Å². The first-order chi connectivity index (χ1) is 12.1. The van der Waals surface area contributed by atoms with Crippen molar-refractivity contribution in [2.45, 2.75) is 25.3 Å². The van der Waals surface area contributed by atoms with Crippen LogP contribution >= 0.6 is 11.6 Å². The smallest absolute Gasteiger partial charge is 0.249 e. The van der Waals surface area contributed by atoms with E-state index in [1.807, 2.05) is 36.4 Å². The van der Waals surface area contributed by atoms with E-state index in [0.29, 0.717) is 18.0 Å². The van der Waals surface area contributed by atoms with E-state index in [1.165, 1.54) is 0 Å². The summed E-state index contributed by atoms with van der Waals surface area (Å²) in [5.41, 5.74) is 3.42. The second-order valence-electron chi connectivity index (χ2n) is 6.38. The maximum atomic E-state index is 12.9. The SMILES string of the molecule is O=C1Cc2cc(NC3CCCN(c4ccccc4Cl)C3=O)ccc2N1. The molecule has 0 spiro atoms. The normalized spacial score (nSPS) is 19.6. The first kappa shape index (κ1) is 16.0. The predicted octanol–water partition coefficient (Wildman–Crippen LogP) is 3.44. The number of hydrogen-bond acceptors (Lipinski definition) is 3. The molecule has 2 aliphatic rings. The second kappa shape index (κ2) is 6.41. The zero-order valence-electron chi connectivity index (χ0n) is 13.6. The molecule has 2 heterocycles. The van der Waals surface area contributed by atoms with Crippen molar-refractivity contribution in [2.75, 3.05) is 22.1 Å². The van der Waals surface area contributed by atoms with E-state index in [0.717, 1.165) is 35.5 Å². The number of carbonyl (C=O) groups excluding carboxylic acids is 2. The van der Waals surface area contributed by atoms with Crippen molar-refractivity contribution in [3.05, 3.63) is 53.1 Å². The molecule has 25 heavy (non-hydrogen) atoms. The second-order valence-corrected chi connectivity index (χ2v) is 6.78. The van der Waals surface area contributed by atoms with E-state index in [-0.39, 0.29) is 17.9 Å². The van der Waals surface area contributed by atoms with Gasteiger partial charge in [-0.05, 0) is 48.7 Å². The fourth-order valence-corrected chi connectivity index (χ4v) is 3.68. The average Bonchev–Trinajstić information content (AvgIpc) is 2.97. The summed E-state index contributed by atoms with van der Waals surface area (Å²) in [7, 11) is 0. The summed E-state index contributed by atoms with van der Waals surface area (Å²) in [4.78, 5) is 26.1. The van der Waals surface area contributed by atoms with Crippen molar-refractivity contribution in [1.29, 1.82) is 0 Å². The molecule has 0 bridgehead atoms. The van der Waals surface area contributed by atoms with Gasteiger partial charge in [-0.15, -0.1) is 0 Å². The van der Waals surface area contributed by atoms with Gasteiger partial charge in [0.25, 0.3) is 0 Å². The van der Waals surface area contributed by atoms with Crippen molar-refractivity contribution in [1.82, 2.24) is 0 Å². The van der Waals surface area contributed by atoms with Gasteiger partial charge < -0.3 is 15.5 Å². The third-order valence-electron chi connectivity index (χ3n) is 4.65. The van der Waals surface area contributed by atoms with Crippen LogP contribution in [0.15, 0.2) is 42.5 Å². The number of hydrogen-bond donors (Lipinski definition) is 2. The van der Waals surface area contributed by atoms with E-state index >= 15 is 0 Å². The molecule has 2 aliphatic heterocycles. The van der Waals surface area contributed by atoms with Crippen LogP contribution in [0.5, 0.6) is 0 Å². The molecule has 0 radical (unpaired) electrons. The summed E-state index contributed by atoms with van der Waals surface area (Å²) in [6.45, 7) is 0.670. The highest BCUT2D eigenvalue weighted by Crippen LogP contribution is 2.30. The Labute approximate surface area is 151 Å². The number of piperidine rings is 1. The van der Waals surface area contributed by atoms with E-state index < -0.39 is 0 Å². The number of fused-ring (bicyclic) bond motifs is 1. The molecule has 128 valence electrons. The third-order valence-corrected chi connectivity index (χ3v) is 4.97. The molecule has 1 atom stereocenters. The molecule has 5 nitrogen and oxygen atoms in total. The maximum absolute atomic E-state index is 12.9. The Morgan fingerprint density at radius 1 is 1.16 bits per heavy atom. The number of para-hydroxylation sites is 1. The molecule has 1 unspecified atom stereocenters. The van der Waals surface area contributed by atoms with Crippen LogP contribution < -0.4 is 15.5 Å². The number of rotatable bonds is 3. The molecule has 0 aromatic heterocycles. The van der Waals surface area contributed by atoms with Crippen molar-refractivity contribution >= 4 is 40.5 Å². The molecular formula is C19H18ClN3O2. The Hall–Kier alpha value is -2.53. The van der Waals surface area contributed by atoms with Crippen LogP contribution in [0.25, 0.3) is 0 Å². The standard InChI is InChI=1S/C19H18ClN3O2/c20-14-4-1-2-6-17(14)23-9-3-5-16(19(23)25)21-13-7-8-15-12(10-13)11-18(24)22-15/h1-2,4,6-8,10,16,21H,3,5,9,11H2,(H,22,24). The lowest BCUT2D eigenvalue weighted by Gasteiger charge is -2.33. The van der Waals surface area contributed by atoms with Gasteiger partial charge in [-0.3, -0.25) is 9.59 Å². The number of anilines is 3. The van der Waals surface area contributed by atoms with Crippen LogP contribution in [-0.2, 0) is 16.0 Å². The van der Waals surface area contributed by atoms with Crippen LogP contribution in [0.3, 0.4) is 0 Å². The zero-order valence-corrected chi connectivity index (χ0v) is 14.3. The quantitative estimate of drug-likeness (QED) is 0.886.